The first-order chi connectivity index (χ1) is 7.66. The fraction of sp³-hybridized carbons (Fsp3) is 0.417. The minimum Gasteiger partial charge on any atom is -0.478 e. The summed E-state index contributed by atoms with van der Waals surface area (Å²) in [6.45, 7) is 8.00. The van der Waals surface area contributed by atoms with Crippen molar-refractivity contribution in [3.63, 3.8) is 0 Å². The van der Waals surface area contributed by atoms with E-state index in [0.29, 0.717) is 4.90 Å². The predicted molar refractivity (Wildman–Crippen MR) is 67.8 cm³/mol. The third kappa shape index (κ3) is 5.16. The van der Waals surface area contributed by atoms with Crippen LogP contribution in [0.2, 0.25) is 0 Å². The van der Waals surface area contributed by atoms with E-state index in [1.54, 1.807) is 12.3 Å². The molecule has 0 atom stereocenters. The second kappa shape index (κ2) is 10.5. The smallest absolute Gasteiger partial charge is 0.339 e. The Bertz CT molecular complexity index is 314. The van der Waals surface area contributed by atoms with Gasteiger partial charge in [-0.1, -0.05) is 33.8 Å². The Morgan fingerprint density at radius 2 is 1.75 bits per heavy atom. The largest absolute Gasteiger partial charge is 0.478 e. The Hall–Kier alpha value is -1.03. The topological polar surface area (TPSA) is 37.3 Å². The Morgan fingerprint density at radius 1 is 1.25 bits per heavy atom. The van der Waals surface area contributed by atoms with Crippen molar-refractivity contribution in [1.29, 1.82) is 0 Å². The molecule has 0 fully saturated rings. The molecular weight excluding hydrogens is 227 g/mol. The molecule has 0 heterocycles. The molecule has 0 saturated heterocycles. The number of thioether (sulfide) groups is 1. The molecule has 0 aliphatic rings. The third-order valence-electron chi connectivity index (χ3n) is 1.41. The molecule has 0 aliphatic carbocycles. The number of aromatic carboxylic acids is 1. The first-order valence-corrected chi connectivity index (χ1v) is 6.45. The quantitative estimate of drug-likeness (QED) is 0.790. The van der Waals surface area contributed by atoms with Crippen LogP contribution >= 0.6 is 11.8 Å². The van der Waals surface area contributed by atoms with Gasteiger partial charge in [-0.25, -0.2) is 9.18 Å². The molecule has 0 bridgehead atoms. The Kier molecular flexibility index (Phi) is 11.4. The monoisotopic (exact) mass is 246 g/mol. The van der Waals surface area contributed by atoms with Gasteiger partial charge in [-0.05, 0) is 18.4 Å². The summed E-state index contributed by atoms with van der Waals surface area (Å²) in [5.41, 5.74) is -0.245. The SMILES string of the molecule is CC.CC.CSc1cccc(F)c1C(=O)O. The number of carbonyl (C=O) groups is 1. The maximum absolute atomic E-state index is 12.9. The zero-order valence-corrected chi connectivity index (χ0v) is 11.2. The maximum atomic E-state index is 12.9. The second-order valence-electron chi connectivity index (χ2n) is 2.12. The Balaban J connectivity index is 0. The van der Waals surface area contributed by atoms with Crippen molar-refractivity contribution in [3.8, 4) is 0 Å². The van der Waals surface area contributed by atoms with Crippen LogP contribution in [-0.4, -0.2) is 17.3 Å². The van der Waals surface area contributed by atoms with Crippen LogP contribution in [0.3, 0.4) is 0 Å². The van der Waals surface area contributed by atoms with Crippen molar-refractivity contribution in [1.82, 2.24) is 0 Å². The molecule has 1 N–H and O–H groups in total. The molecule has 1 aromatic carbocycles. The lowest BCUT2D eigenvalue weighted by Crippen LogP contribution is -2.02. The van der Waals surface area contributed by atoms with E-state index in [9.17, 15) is 9.18 Å². The highest BCUT2D eigenvalue weighted by molar-refractivity contribution is 7.98. The minimum atomic E-state index is -1.22. The molecule has 0 spiro atoms. The molecular formula is C12H19FO2S. The van der Waals surface area contributed by atoms with Gasteiger partial charge in [0.25, 0.3) is 0 Å². The first-order valence-electron chi connectivity index (χ1n) is 5.22. The van der Waals surface area contributed by atoms with Gasteiger partial charge in [-0.15, -0.1) is 11.8 Å². The lowest BCUT2D eigenvalue weighted by atomic mass is 10.2. The molecule has 0 saturated carbocycles. The summed E-state index contributed by atoms with van der Waals surface area (Å²) in [5, 5.41) is 8.62. The summed E-state index contributed by atoms with van der Waals surface area (Å²) in [7, 11) is 0. The molecule has 1 rings (SSSR count). The van der Waals surface area contributed by atoms with Crippen molar-refractivity contribution in [3.05, 3.63) is 29.6 Å². The van der Waals surface area contributed by atoms with Crippen LogP contribution < -0.4 is 0 Å². The van der Waals surface area contributed by atoms with Crippen LogP contribution in [0, 0.1) is 5.82 Å². The van der Waals surface area contributed by atoms with Gasteiger partial charge in [-0.3, -0.25) is 0 Å². The summed E-state index contributed by atoms with van der Waals surface area (Å²) < 4.78 is 12.9. The highest BCUT2D eigenvalue weighted by atomic mass is 32.2. The van der Waals surface area contributed by atoms with Gasteiger partial charge in [0.2, 0.25) is 0 Å². The van der Waals surface area contributed by atoms with Gasteiger partial charge in [0.15, 0.2) is 0 Å². The summed E-state index contributed by atoms with van der Waals surface area (Å²) >= 11 is 1.22. The molecule has 0 aliphatic heterocycles. The fourth-order valence-corrected chi connectivity index (χ4v) is 1.49. The molecule has 16 heavy (non-hydrogen) atoms. The molecule has 0 radical (unpaired) electrons. The van der Waals surface area contributed by atoms with Crippen LogP contribution in [0.4, 0.5) is 4.39 Å². The third-order valence-corrected chi connectivity index (χ3v) is 2.19. The highest BCUT2D eigenvalue weighted by Crippen LogP contribution is 2.22. The van der Waals surface area contributed by atoms with E-state index in [0.717, 1.165) is 6.07 Å². The lowest BCUT2D eigenvalue weighted by molar-refractivity contribution is 0.0688. The predicted octanol–water partition coefficient (Wildman–Crippen LogP) is 4.30. The van der Waals surface area contributed by atoms with Crippen LogP contribution in [-0.2, 0) is 0 Å². The summed E-state index contributed by atoms with van der Waals surface area (Å²) in [6, 6.07) is 4.22. The number of rotatable bonds is 2. The zero-order chi connectivity index (χ0) is 13.1. The van der Waals surface area contributed by atoms with E-state index >= 15 is 0 Å². The fourth-order valence-electron chi connectivity index (χ4n) is 0.882. The molecule has 0 aromatic heterocycles. The van der Waals surface area contributed by atoms with Gasteiger partial charge in [0.1, 0.15) is 11.4 Å². The van der Waals surface area contributed by atoms with Gasteiger partial charge < -0.3 is 5.11 Å². The number of carboxylic acids is 1. The molecule has 92 valence electrons. The number of hydrogen-bond acceptors (Lipinski definition) is 2. The maximum Gasteiger partial charge on any atom is 0.339 e. The van der Waals surface area contributed by atoms with E-state index in [2.05, 4.69) is 0 Å². The van der Waals surface area contributed by atoms with Crippen LogP contribution in [0.15, 0.2) is 23.1 Å². The van der Waals surface area contributed by atoms with Crippen molar-refractivity contribution < 1.29 is 14.3 Å². The lowest BCUT2D eigenvalue weighted by Gasteiger charge is -2.02. The molecule has 2 nitrogen and oxygen atoms in total. The number of carboxylic acid groups (broad SMARTS) is 1. The van der Waals surface area contributed by atoms with Gasteiger partial charge in [0, 0.05) is 4.90 Å². The van der Waals surface area contributed by atoms with E-state index < -0.39 is 11.8 Å². The normalized spacial score (nSPS) is 8.12. The Labute approximate surface area is 101 Å². The molecule has 4 heteroatoms. The van der Waals surface area contributed by atoms with Crippen molar-refractivity contribution in [2.45, 2.75) is 32.6 Å². The zero-order valence-electron chi connectivity index (χ0n) is 10.4. The number of hydrogen-bond donors (Lipinski definition) is 1. The first kappa shape index (κ1) is 17.4. The van der Waals surface area contributed by atoms with Crippen molar-refractivity contribution in [2.75, 3.05) is 6.26 Å². The van der Waals surface area contributed by atoms with Crippen molar-refractivity contribution in [2.24, 2.45) is 0 Å². The van der Waals surface area contributed by atoms with E-state index in [4.69, 9.17) is 5.11 Å². The second-order valence-corrected chi connectivity index (χ2v) is 2.97. The standard InChI is InChI=1S/C8H7FO2S.2C2H6/c1-12-6-4-2-3-5(9)7(6)8(10)11;2*1-2/h2-4H,1H3,(H,10,11);2*1-2H3. The molecule has 0 unspecified atom stereocenters. The van der Waals surface area contributed by atoms with Crippen molar-refractivity contribution >= 4 is 17.7 Å². The van der Waals surface area contributed by atoms with E-state index in [1.807, 2.05) is 27.7 Å². The van der Waals surface area contributed by atoms with E-state index in [1.165, 1.54) is 17.8 Å². The van der Waals surface area contributed by atoms with Crippen LogP contribution in [0.1, 0.15) is 38.1 Å². The summed E-state index contributed by atoms with van der Waals surface area (Å²) in [4.78, 5) is 11.0. The highest BCUT2D eigenvalue weighted by Gasteiger charge is 2.14. The average molecular weight is 246 g/mol. The van der Waals surface area contributed by atoms with Crippen LogP contribution in [0.25, 0.3) is 0 Å². The van der Waals surface area contributed by atoms with Gasteiger partial charge >= 0.3 is 5.97 Å². The van der Waals surface area contributed by atoms with Gasteiger partial charge in [-0.2, -0.15) is 0 Å². The minimum absolute atomic E-state index is 0.245. The van der Waals surface area contributed by atoms with Gasteiger partial charge in [0.05, 0.1) is 0 Å². The summed E-state index contributed by atoms with van der Waals surface area (Å²) in [6.07, 6.45) is 1.71. The average Bonchev–Trinajstić information content (AvgIpc) is 2.33. The van der Waals surface area contributed by atoms with Crippen LogP contribution in [0.5, 0.6) is 0 Å². The molecule has 0 amide bonds. The summed E-state index contributed by atoms with van der Waals surface area (Å²) in [5.74, 6) is -1.91. The molecule has 1 aromatic rings. The number of benzene rings is 1. The Morgan fingerprint density at radius 3 is 2.06 bits per heavy atom. The van der Waals surface area contributed by atoms with E-state index in [-0.39, 0.29) is 5.56 Å². The number of halogens is 1.